The van der Waals surface area contributed by atoms with Gasteiger partial charge >= 0.3 is 0 Å². The monoisotopic (exact) mass is 548 g/mol. The molecule has 0 aliphatic rings. The molecule has 2 aromatic rings. The summed E-state index contributed by atoms with van der Waals surface area (Å²) >= 11 is 0. The molecular weight excluding hydrogens is 515 g/mol. The fourth-order valence-corrected chi connectivity index (χ4v) is 3.86. The molecule has 2 N–H and O–H groups in total. The highest BCUT2D eigenvalue weighted by molar-refractivity contribution is 14.0. The van der Waals surface area contributed by atoms with Crippen molar-refractivity contribution in [3.8, 4) is 0 Å². The van der Waals surface area contributed by atoms with Crippen LogP contribution in [0.1, 0.15) is 43.5 Å². The third kappa shape index (κ3) is 6.95. The second kappa shape index (κ2) is 11.7. The molecule has 0 aliphatic heterocycles. The fraction of sp³-hybridized carbons (Fsp3) is 0.500. The number of aryl methyl sites for hydroxylation is 1. The highest BCUT2D eigenvalue weighted by atomic mass is 127. The van der Waals surface area contributed by atoms with E-state index in [1.165, 1.54) is 7.05 Å². The van der Waals surface area contributed by atoms with Gasteiger partial charge in [0.2, 0.25) is 10.0 Å². The average Bonchev–Trinajstić information content (AvgIpc) is 3.05. The molecule has 1 aromatic heterocycles. The Morgan fingerprint density at radius 3 is 2.63 bits per heavy atom. The van der Waals surface area contributed by atoms with E-state index in [2.05, 4.69) is 33.9 Å². The number of hydrogen-bond donors (Lipinski definition) is 2. The van der Waals surface area contributed by atoms with E-state index in [0.29, 0.717) is 19.0 Å². The molecule has 30 heavy (non-hydrogen) atoms. The Morgan fingerprint density at radius 1 is 1.33 bits per heavy atom. The van der Waals surface area contributed by atoms with Gasteiger partial charge in [-0.2, -0.15) is 5.10 Å². The van der Waals surface area contributed by atoms with Crippen LogP contribution in [0.15, 0.2) is 40.4 Å². The Kier molecular flexibility index (Phi) is 10.2. The first-order chi connectivity index (χ1) is 13.7. The topological polar surface area (TPSA) is 91.6 Å². The Labute approximate surface area is 197 Å². The van der Waals surface area contributed by atoms with E-state index in [9.17, 15) is 8.42 Å². The first-order valence-corrected chi connectivity index (χ1v) is 11.2. The predicted molar refractivity (Wildman–Crippen MR) is 132 cm³/mol. The number of nitrogens with zero attached hydrogens (tertiary/aromatic N) is 4. The Hall–Kier alpha value is -1.66. The number of nitrogens with one attached hydrogen (secondary N) is 2. The minimum Gasteiger partial charge on any atom is -0.357 e. The molecule has 0 unspecified atom stereocenters. The maximum atomic E-state index is 12.0. The minimum atomic E-state index is -3.47. The molecule has 168 valence electrons. The predicted octanol–water partition coefficient (Wildman–Crippen LogP) is 2.67. The first-order valence-electron chi connectivity index (χ1n) is 9.72. The fourth-order valence-electron chi connectivity index (χ4n) is 3.06. The van der Waals surface area contributed by atoms with Crippen molar-refractivity contribution < 1.29 is 8.42 Å². The number of sulfonamides is 1. The Balaban J connectivity index is 0.00000450. The minimum absolute atomic E-state index is 0. The van der Waals surface area contributed by atoms with Crippen molar-refractivity contribution in [3.05, 3.63) is 47.3 Å². The van der Waals surface area contributed by atoms with E-state index in [4.69, 9.17) is 4.99 Å². The van der Waals surface area contributed by atoms with Crippen molar-refractivity contribution in [2.24, 2.45) is 12.0 Å². The molecule has 0 atom stereocenters. The van der Waals surface area contributed by atoms with Crippen molar-refractivity contribution in [1.82, 2.24) is 24.7 Å². The molecule has 0 aliphatic carbocycles. The highest BCUT2D eigenvalue weighted by Crippen LogP contribution is 2.19. The summed E-state index contributed by atoms with van der Waals surface area (Å²) in [6, 6.07) is 6.83. The van der Waals surface area contributed by atoms with Crippen LogP contribution in [-0.4, -0.2) is 49.7 Å². The van der Waals surface area contributed by atoms with Gasteiger partial charge in [-0.15, -0.1) is 24.0 Å². The Morgan fingerprint density at radius 2 is 2.03 bits per heavy atom. The molecule has 0 radical (unpaired) electrons. The first kappa shape index (κ1) is 26.4. The summed E-state index contributed by atoms with van der Waals surface area (Å²) in [5.74, 6) is 1.10. The van der Waals surface area contributed by atoms with Gasteiger partial charge in [0, 0.05) is 38.9 Å². The maximum absolute atomic E-state index is 12.0. The summed E-state index contributed by atoms with van der Waals surface area (Å²) < 4.78 is 28.2. The number of halogens is 1. The Bertz CT molecular complexity index is 956. The van der Waals surface area contributed by atoms with Crippen LogP contribution in [0.3, 0.4) is 0 Å². The third-order valence-electron chi connectivity index (χ3n) is 4.48. The molecule has 0 spiro atoms. The van der Waals surface area contributed by atoms with Crippen molar-refractivity contribution in [1.29, 1.82) is 0 Å². The lowest BCUT2D eigenvalue weighted by atomic mass is 10.1. The molecule has 1 aromatic carbocycles. The van der Waals surface area contributed by atoms with Crippen LogP contribution in [0.4, 0.5) is 0 Å². The van der Waals surface area contributed by atoms with Crippen molar-refractivity contribution in [2.75, 3.05) is 20.6 Å². The maximum Gasteiger partial charge on any atom is 0.240 e. The van der Waals surface area contributed by atoms with Crippen LogP contribution in [0.25, 0.3) is 0 Å². The smallest absolute Gasteiger partial charge is 0.240 e. The molecule has 8 nitrogen and oxygen atoms in total. The summed E-state index contributed by atoms with van der Waals surface area (Å²) in [6.07, 6.45) is 2.04. The SMILES string of the molecule is CCNC(=NCc1cccc(S(=O)(=O)NC)c1)N(C)Cc1cn(C)nc1C(C)C.I. The van der Waals surface area contributed by atoms with Crippen LogP contribution < -0.4 is 10.0 Å². The summed E-state index contributed by atoms with van der Waals surface area (Å²) in [5, 5.41) is 7.87. The second-order valence-electron chi connectivity index (χ2n) is 7.25. The summed E-state index contributed by atoms with van der Waals surface area (Å²) in [6.45, 7) is 8.09. The van der Waals surface area contributed by atoms with Gasteiger partial charge in [-0.25, -0.2) is 18.1 Å². The lowest BCUT2D eigenvalue weighted by Crippen LogP contribution is -2.38. The quantitative estimate of drug-likeness (QED) is 0.301. The molecule has 1 heterocycles. The lowest BCUT2D eigenvalue weighted by molar-refractivity contribution is 0.473. The summed E-state index contributed by atoms with van der Waals surface area (Å²) in [7, 11) is 1.85. The third-order valence-corrected chi connectivity index (χ3v) is 5.89. The number of aromatic nitrogens is 2. The number of aliphatic imine (C=N–C) groups is 1. The van der Waals surface area contributed by atoms with Gasteiger partial charge in [-0.1, -0.05) is 26.0 Å². The zero-order valence-corrected chi connectivity index (χ0v) is 21.7. The lowest BCUT2D eigenvalue weighted by Gasteiger charge is -2.22. The number of hydrogen-bond acceptors (Lipinski definition) is 4. The largest absolute Gasteiger partial charge is 0.357 e. The van der Waals surface area contributed by atoms with Crippen LogP contribution in [0.2, 0.25) is 0 Å². The van der Waals surface area contributed by atoms with E-state index in [-0.39, 0.29) is 28.9 Å². The van der Waals surface area contributed by atoms with E-state index >= 15 is 0 Å². The van der Waals surface area contributed by atoms with Crippen LogP contribution in [0.5, 0.6) is 0 Å². The van der Waals surface area contributed by atoms with Gasteiger partial charge < -0.3 is 10.2 Å². The summed E-state index contributed by atoms with van der Waals surface area (Å²) in [4.78, 5) is 6.99. The molecular formula is C20H33IN6O2S. The zero-order valence-electron chi connectivity index (χ0n) is 18.5. The van der Waals surface area contributed by atoms with Crippen molar-refractivity contribution in [3.63, 3.8) is 0 Å². The zero-order chi connectivity index (χ0) is 21.6. The van der Waals surface area contributed by atoms with E-state index in [0.717, 1.165) is 29.3 Å². The van der Waals surface area contributed by atoms with Gasteiger partial charge in [0.15, 0.2) is 5.96 Å². The standard InChI is InChI=1S/C20H32N6O2S.HI/c1-7-22-20(25(5)13-17-14-26(6)24-19(17)15(2)3)23-12-16-9-8-10-18(11-16)29(27,28)21-4;/h8-11,14-15,21H,7,12-13H2,1-6H3,(H,22,23);1H. The number of guanidine groups is 1. The van der Waals surface area contributed by atoms with E-state index in [1.54, 1.807) is 18.2 Å². The molecule has 0 fully saturated rings. The molecule has 0 saturated heterocycles. The number of benzene rings is 1. The number of rotatable bonds is 8. The van der Waals surface area contributed by atoms with Crippen LogP contribution >= 0.6 is 24.0 Å². The van der Waals surface area contributed by atoms with Crippen LogP contribution in [-0.2, 0) is 30.2 Å². The van der Waals surface area contributed by atoms with Gasteiger partial charge in [0.05, 0.1) is 17.1 Å². The molecule has 10 heteroatoms. The van der Waals surface area contributed by atoms with Crippen LogP contribution in [0, 0.1) is 0 Å². The van der Waals surface area contributed by atoms with Crippen molar-refractivity contribution >= 4 is 40.0 Å². The van der Waals surface area contributed by atoms with Gasteiger partial charge in [-0.3, -0.25) is 4.68 Å². The molecule has 0 amide bonds. The highest BCUT2D eigenvalue weighted by Gasteiger charge is 2.15. The van der Waals surface area contributed by atoms with Crippen molar-refractivity contribution in [2.45, 2.75) is 44.7 Å². The average molecular weight is 548 g/mol. The van der Waals surface area contributed by atoms with Gasteiger partial charge in [-0.05, 0) is 37.6 Å². The molecule has 2 rings (SSSR count). The van der Waals surface area contributed by atoms with E-state index < -0.39 is 10.0 Å². The van der Waals surface area contributed by atoms with Gasteiger partial charge in [0.1, 0.15) is 0 Å². The van der Waals surface area contributed by atoms with E-state index in [1.807, 2.05) is 38.0 Å². The normalized spacial score (nSPS) is 12.0. The second-order valence-corrected chi connectivity index (χ2v) is 9.14. The summed E-state index contributed by atoms with van der Waals surface area (Å²) in [5.41, 5.74) is 3.08. The van der Waals surface area contributed by atoms with Gasteiger partial charge in [0.25, 0.3) is 0 Å². The molecule has 0 bridgehead atoms. The molecule has 0 saturated carbocycles.